The Hall–Kier alpha value is -3.61. The average molecular weight is 390 g/mol. The lowest BCUT2D eigenvalue weighted by Gasteiger charge is -2.26. The van der Waals surface area contributed by atoms with Crippen LogP contribution in [0, 0.1) is 20.8 Å². The van der Waals surface area contributed by atoms with Gasteiger partial charge in [-0.15, -0.1) is 0 Å². The zero-order chi connectivity index (χ0) is 20.7. The van der Waals surface area contributed by atoms with Gasteiger partial charge in [0, 0.05) is 24.0 Å². The van der Waals surface area contributed by atoms with E-state index in [4.69, 9.17) is 4.74 Å². The van der Waals surface area contributed by atoms with E-state index in [0.29, 0.717) is 22.7 Å². The number of benzene rings is 2. The normalized spacial score (nSPS) is 13.1. The van der Waals surface area contributed by atoms with Crippen molar-refractivity contribution in [2.24, 2.45) is 0 Å². The Labute approximate surface area is 168 Å². The number of rotatable bonds is 3. The first-order valence-electron chi connectivity index (χ1n) is 9.32. The van der Waals surface area contributed by atoms with Gasteiger partial charge in [0.25, 0.3) is 11.8 Å². The van der Waals surface area contributed by atoms with Crippen LogP contribution in [0.2, 0.25) is 0 Å². The minimum absolute atomic E-state index is 0.0215. The number of ether oxygens (including phenoxy) is 1. The van der Waals surface area contributed by atoms with Gasteiger partial charge in [-0.3, -0.25) is 9.59 Å². The molecule has 2 aromatic carbocycles. The zero-order valence-electron chi connectivity index (χ0n) is 16.8. The number of amides is 2. The van der Waals surface area contributed by atoms with Crippen molar-refractivity contribution in [3.63, 3.8) is 0 Å². The van der Waals surface area contributed by atoms with Gasteiger partial charge in [0.2, 0.25) is 0 Å². The SMILES string of the molecule is Cc1cc(C)n(-c2cc(C(=O)Nc3ccc4c(c3)N(C)C(=O)CO4)ccc2C)n1. The molecule has 2 heterocycles. The van der Waals surface area contributed by atoms with Crippen LogP contribution in [-0.2, 0) is 4.79 Å². The molecule has 0 spiro atoms. The third-order valence-corrected chi connectivity index (χ3v) is 5.01. The van der Waals surface area contributed by atoms with Crippen molar-refractivity contribution in [2.75, 3.05) is 23.9 Å². The third-order valence-electron chi connectivity index (χ3n) is 5.01. The molecule has 0 fully saturated rings. The number of carbonyl (C=O) groups excluding carboxylic acids is 2. The second-order valence-corrected chi connectivity index (χ2v) is 7.22. The van der Waals surface area contributed by atoms with Crippen molar-refractivity contribution in [1.29, 1.82) is 0 Å². The molecule has 7 nitrogen and oxygen atoms in total. The van der Waals surface area contributed by atoms with Gasteiger partial charge in [0.1, 0.15) is 5.75 Å². The minimum Gasteiger partial charge on any atom is -0.482 e. The summed E-state index contributed by atoms with van der Waals surface area (Å²) in [7, 11) is 1.69. The number of fused-ring (bicyclic) bond motifs is 1. The largest absolute Gasteiger partial charge is 0.482 e. The van der Waals surface area contributed by atoms with Gasteiger partial charge in [0.05, 0.1) is 17.1 Å². The predicted octanol–water partition coefficient (Wildman–Crippen LogP) is 3.41. The summed E-state index contributed by atoms with van der Waals surface area (Å²) in [6, 6.07) is 12.8. The highest BCUT2D eigenvalue weighted by Gasteiger charge is 2.22. The maximum absolute atomic E-state index is 12.9. The topological polar surface area (TPSA) is 76.5 Å². The van der Waals surface area contributed by atoms with Crippen LogP contribution < -0.4 is 15.0 Å². The Morgan fingerprint density at radius 3 is 2.59 bits per heavy atom. The Bertz CT molecular complexity index is 1130. The number of carbonyl (C=O) groups is 2. The van der Waals surface area contributed by atoms with Gasteiger partial charge in [0.15, 0.2) is 6.61 Å². The van der Waals surface area contributed by atoms with Crippen molar-refractivity contribution >= 4 is 23.2 Å². The maximum Gasteiger partial charge on any atom is 0.264 e. The lowest BCUT2D eigenvalue weighted by molar-refractivity contribution is -0.120. The van der Waals surface area contributed by atoms with Crippen molar-refractivity contribution in [2.45, 2.75) is 20.8 Å². The maximum atomic E-state index is 12.9. The molecule has 2 amide bonds. The van der Waals surface area contributed by atoms with E-state index in [1.165, 1.54) is 4.90 Å². The molecule has 0 aliphatic carbocycles. The van der Waals surface area contributed by atoms with Gasteiger partial charge in [-0.1, -0.05) is 6.07 Å². The van der Waals surface area contributed by atoms with Gasteiger partial charge in [-0.2, -0.15) is 5.10 Å². The van der Waals surface area contributed by atoms with Crippen molar-refractivity contribution < 1.29 is 14.3 Å². The van der Waals surface area contributed by atoms with Gasteiger partial charge < -0.3 is 15.0 Å². The highest BCUT2D eigenvalue weighted by Crippen LogP contribution is 2.33. The van der Waals surface area contributed by atoms with E-state index >= 15 is 0 Å². The number of hydrogen-bond donors (Lipinski definition) is 1. The van der Waals surface area contributed by atoms with Gasteiger partial charge >= 0.3 is 0 Å². The molecule has 0 radical (unpaired) electrons. The summed E-state index contributed by atoms with van der Waals surface area (Å²) >= 11 is 0. The summed E-state index contributed by atoms with van der Waals surface area (Å²) in [4.78, 5) is 26.2. The molecule has 7 heteroatoms. The summed E-state index contributed by atoms with van der Waals surface area (Å²) in [5.74, 6) is 0.250. The first-order valence-corrected chi connectivity index (χ1v) is 9.32. The van der Waals surface area contributed by atoms with Crippen LogP contribution in [0.15, 0.2) is 42.5 Å². The molecule has 0 atom stereocenters. The predicted molar refractivity (Wildman–Crippen MR) is 111 cm³/mol. The van der Waals surface area contributed by atoms with Crippen LogP contribution in [0.4, 0.5) is 11.4 Å². The highest BCUT2D eigenvalue weighted by atomic mass is 16.5. The smallest absolute Gasteiger partial charge is 0.264 e. The molecule has 0 saturated heterocycles. The van der Waals surface area contributed by atoms with E-state index in [-0.39, 0.29) is 18.4 Å². The fourth-order valence-electron chi connectivity index (χ4n) is 3.40. The number of nitrogens with one attached hydrogen (secondary N) is 1. The van der Waals surface area contributed by atoms with E-state index in [2.05, 4.69) is 10.4 Å². The van der Waals surface area contributed by atoms with Crippen LogP contribution in [0.25, 0.3) is 5.69 Å². The average Bonchev–Trinajstić information content (AvgIpc) is 3.03. The summed E-state index contributed by atoms with van der Waals surface area (Å²) in [5, 5.41) is 7.42. The number of anilines is 2. The highest BCUT2D eigenvalue weighted by molar-refractivity contribution is 6.05. The quantitative estimate of drug-likeness (QED) is 0.744. The number of aryl methyl sites for hydroxylation is 3. The molecule has 1 aliphatic heterocycles. The Kier molecular flexibility index (Phi) is 4.58. The Morgan fingerprint density at radius 2 is 1.86 bits per heavy atom. The lowest BCUT2D eigenvalue weighted by Crippen LogP contribution is -2.35. The van der Waals surface area contributed by atoms with Crippen LogP contribution in [-0.4, -0.2) is 35.2 Å². The molecule has 148 valence electrons. The van der Waals surface area contributed by atoms with E-state index in [9.17, 15) is 9.59 Å². The molecule has 1 N–H and O–H groups in total. The fourth-order valence-corrected chi connectivity index (χ4v) is 3.40. The van der Waals surface area contributed by atoms with E-state index in [0.717, 1.165) is 22.6 Å². The molecule has 0 unspecified atom stereocenters. The Balaban J connectivity index is 1.62. The van der Waals surface area contributed by atoms with Crippen LogP contribution in [0.1, 0.15) is 27.3 Å². The van der Waals surface area contributed by atoms with E-state index in [1.807, 2.05) is 43.7 Å². The zero-order valence-corrected chi connectivity index (χ0v) is 16.8. The molecule has 4 rings (SSSR count). The van der Waals surface area contributed by atoms with Crippen LogP contribution in [0.5, 0.6) is 5.75 Å². The van der Waals surface area contributed by atoms with Crippen molar-refractivity contribution in [3.8, 4) is 11.4 Å². The molecular weight excluding hydrogens is 368 g/mol. The van der Waals surface area contributed by atoms with Crippen molar-refractivity contribution in [1.82, 2.24) is 9.78 Å². The van der Waals surface area contributed by atoms with Crippen LogP contribution in [0.3, 0.4) is 0 Å². The standard InChI is InChI=1S/C22H22N4O3/c1-13-5-6-16(10-18(13)26-15(3)9-14(2)24-26)22(28)23-17-7-8-20-19(11-17)25(4)21(27)12-29-20/h5-11H,12H2,1-4H3,(H,23,28). The van der Waals surface area contributed by atoms with E-state index < -0.39 is 0 Å². The third kappa shape index (κ3) is 3.47. The molecular formula is C22H22N4O3. The summed E-state index contributed by atoms with van der Waals surface area (Å²) in [6.07, 6.45) is 0. The monoisotopic (exact) mass is 390 g/mol. The number of hydrogen-bond acceptors (Lipinski definition) is 4. The second-order valence-electron chi connectivity index (χ2n) is 7.22. The van der Waals surface area contributed by atoms with Gasteiger partial charge in [-0.25, -0.2) is 4.68 Å². The molecule has 3 aromatic rings. The molecule has 1 aromatic heterocycles. The lowest BCUT2D eigenvalue weighted by atomic mass is 10.1. The first kappa shape index (κ1) is 18.7. The first-order chi connectivity index (χ1) is 13.8. The molecule has 1 aliphatic rings. The Morgan fingerprint density at radius 1 is 1.07 bits per heavy atom. The molecule has 29 heavy (non-hydrogen) atoms. The van der Waals surface area contributed by atoms with Gasteiger partial charge in [-0.05, 0) is 62.7 Å². The second kappa shape index (κ2) is 7.09. The minimum atomic E-state index is -0.238. The number of aromatic nitrogens is 2. The summed E-state index contributed by atoms with van der Waals surface area (Å²) in [5.41, 5.74) is 5.57. The molecule has 0 saturated carbocycles. The summed E-state index contributed by atoms with van der Waals surface area (Å²) < 4.78 is 7.27. The number of nitrogens with zero attached hydrogens (tertiary/aromatic N) is 3. The van der Waals surface area contributed by atoms with Crippen LogP contribution >= 0.6 is 0 Å². The summed E-state index contributed by atoms with van der Waals surface area (Å²) in [6.45, 7) is 5.94. The number of likely N-dealkylation sites (N-methyl/N-ethyl adjacent to an activating group) is 1. The van der Waals surface area contributed by atoms with E-state index in [1.54, 1.807) is 31.3 Å². The molecule has 0 bridgehead atoms. The van der Waals surface area contributed by atoms with Crippen molar-refractivity contribution in [3.05, 3.63) is 65.0 Å². The fraction of sp³-hybridized carbons (Fsp3) is 0.227.